The van der Waals surface area contributed by atoms with Crippen molar-refractivity contribution in [1.29, 1.82) is 0 Å². The summed E-state index contributed by atoms with van der Waals surface area (Å²) in [6.45, 7) is 3.03. The lowest BCUT2D eigenvalue weighted by Gasteiger charge is -2.27. The van der Waals surface area contributed by atoms with Gasteiger partial charge in [0.25, 0.3) is 0 Å². The Morgan fingerprint density at radius 1 is 1.29 bits per heavy atom. The Labute approximate surface area is 125 Å². The van der Waals surface area contributed by atoms with Crippen LogP contribution in [0.1, 0.15) is 37.3 Å². The van der Waals surface area contributed by atoms with E-state index in [2.05, 4.69) is 10.3 Å². The molecule has 0 aromatic carbocycles. The molecular weight excluding hydrogens is 266 g/mol. The molecule has 1 atom stereocenters. The van der Waals surface area contributed by atoms with Gasteiger partial charge in [-0.05, 0) is 56.5 Å². The van der Waals surface area contributed by atoms with Crippen molar-refractivity contribution in [1.82, 2.24) is 15.2 Å². The Balaban J connectivity index is 1.55. The molecule has 1 aromatic rings. The summed E-state index contributed by atoms with van der Waals surface area (Å²) in [5.74, 6) is 0.118. The molecule has 1 N–H and O–H groups in total. The maximum absolute atomic E-state index is 12.4. The summed E-state index contributed by atoms with van der Waals surface area (Å²) < 4.78 is 5.80. The van der Waals surface area contributed by atoms with Crippen LogP contribution in [0, 0.1) is 0 Å². The lowest BCUT2D eigenvalue weighted by molar-refractivity contribution is -0.139. The zero-order valence-electron chi connectivity index (χ0n) is 12.3. The smallest absolute Gasteiger partial charge is 0.249 e. The van der Waals surface area contributed by atoms with Crippen LogP contribution in [-0.2, 0) is 9.53 Å². The average Bonchev–Trinajstić information content (AvgIpc) is 3.04. The van der Waals surface area contributed by atoms with Gasteiger partial charge < -0.3 is 15.0 Å². The minimum atomic E-state index is 0.118. The topological polar surface area (TPSA) is 54.5 Å². The standard InChI is InChI=1S/C16H23N3O2/c20-16(12-21-14-5-9-18-10-6-14)19-11-1-2-15(19)13-3-7-17-8-4-13/h3-4,7-8,14-15,18H,1-2,5-6,9-12H2. The van der Waals surface area contributed by atoms with E-state index in [1.807, 2.05) is 17.0 Å². The monoisotopic (exact) mass is 289 g/mol. The van der Waals surface area contributed by atoms with Crippen molar-refractivity contribution in [3.8, 4) is 0 Å². The van der Waals surface area contributed by atoms with Crippen LogP contribution in [0.25, 0.3) is 0 Å². The summed E-state index contributed by atoms with van der Waals surface area (Å²) in [6.07, 6.45) is 7.92. The van der Waals surface area contributed by atoms with Gasteiger partial charge in [-0.25, -0.2) is 0 Å². The summed E-state index contributed by atoms with van der Waals surface area (Å²) in [6, 6.07) is 4.20. The molecule has 21 heavy (non-hydrogen) atoms. The first kappa shape index (κ1) is 14.5. The molecule has 0 saturated carbocycles. The van der Waals surface area contributed by atoms with E-state index < -0.39 is 0 Å². The Morgan fingerprint density at radius 2 is 2.05 bits per heavy atom. The number of hydrogen-bond acceptors (Lipinski definition) is 4. The van der Waals surface area contributed by atoms with E-state index in [9.17, 15) is 4.79 Å². The molecule has 0 spiro atoms. The first-order valence-corrected chi connectivity index (χ1v) is 7.86. The Morgan fingerprint density at radius 3 is 2.81 bits per heavy atom. The van der Waals surface area contributed by atoms with Crippen molar-refractivity contribution < 1.29 is 9.53 Å². The highest BCUT2D eigenvalue weighted by molar-refractivity contribution is 5.78. The van der Waals surface area contributed by atoms with Gasteiger partial charge in [0.1, 0.15) is 6.61 Å². The number of hydrogen-bond donors (Lipinski definition) is 1. The number of carbonyl (C=O) groups excluding carboxylic acids is 1. The molecule has 114 valence electrons. The predicted molar refractivity (Wildman–Crippen MR) is 79.8 cm³/mol. The lowest BCUT2D eigenvalue weighted by atomic mass is 10.1. The number of aromatic nitrogens is 1. The molecule has 3 heterocycles. The number of ether oxygens (including phenoxy) is 1. The molecule has 3 rings (SSSR count). The van der Waals surface area contributed by atoms with E-state index in [4.69, 9.17) is 4.74 Å². The van der Waals surface area contributed by atoms with Crippen molar-refractivity contribution in [2.45, 2.75) is 37.8 Å². The highest BCUT2D eigenvalue weighted by Crippen LogP contribution is 2.31. The van der Waals surface area contributed by atoms with Gasteiger partial charge in [0, 0.05) is 18.9 Å². The Kier molecular flexibility index (Phi) is 4.83. The summed E-state index contributed by atoms with van der Waals surface area (Å²) in [5.41, 5.74) is 1.18. The maximum atomic E-state index is 12.4. The number of rotatable bonds is 4. The molecule has 1 amide bonds. The van der Waals surface area contributed by atoms with E-state index in [0.29, 0.717) is 0 Å². The number of amides is 1. The summed E-state index contributed by atoms with van der Waals surface area (Å²) in [5, 5.41) is 3.30. The van der Waals surface area contributed by atoms with Gasteiger partial charge in [0.15, 0.2) is 0 Å². The molecule has 2 fully saturated rings. The molecule has 0 radical (unpaired) electrons. The van der Waals surface area contributed by atoms with Gasteiger partial charge in [0.2, 0.25) is 5.91 Å². The number of likely N-dealkylation sites (tertiary alicyclic amines) is 1. The molecular formula is C16H23N3O2. The van der Waals surface area contributed by atoms with Crippen molar-refractivity contribution >= 4 is 5.91 Å². The zero-order chi connectivity index (χ0) is 14.5. The first-order chi connectivity index (χ1) is 10.3. The van der Waals surface area contributed by atoms with E-state index in [0.717, 1.165) is 45.3 Å². The van der Waals surface area contributed by atoms with Gasteiger partial charge in [-0.15, -0.1) is 0 Å². The third-order valence-corrected chi connectivity index (χ3v) is 4.39. The molecule has 2 aliphatic heterocycles. The van der Waals surface area contributed by atoms with E-state index >= 15 is 0 Å². The molecule has 1 aromatic heterocycles. The van der Waals surface area contributed by atoms with Gasteiger partial charge in [-0.2, -0.15) is 0 Å². The summed E-state index contributed by atoms with van der Waals surface area (Å²) >= 11 is 0. The fraction of sp³-hybridized carbons (Fsp3) is 0.625. The first-order valence-electron chi connectivity index (χ1n) is 7.86. The van der Waals surface area contributed by atoms with Crippen molar-refractivity contribution in [2.24, 2.45) is 0 Å². The molecule has 1 unspecified atom stereocenters. The van der Waals surface area contributed by atoms with Crippen LogP contribution < -0.4 is 5.32 Å². The maximum Gasteiger partial charge on any atom is 0.249 e. The molecule has 2 aliphatic rings. The van der Waals surface area contributed by atoms with Crippen LogP contribution in [0.15, 0.2) is 24.5 Å². The lowest BCUT2D eigenvalue weighted by Crippen LogP contribution is -2.37. The third-order valence-electron chi connectivity index (χ3n) is 4.39. The Bertz CT molecular complexity index is 460. The van der Waals surface area contributed by atoms with Gasteiger partial charge >= 0.3 is 0 Å². The van der Waals surface area contributed by atoms with Gasteiger partial charge in [-0.3, -0.25) is 9.78 Å². The average molecular weight is 289 g/mol. The minimum absolute atomic E-state index is 0.118. The van der Waals surface area contributed by atoms with Crippen LogP contribution in [-0.4, -0.2) is 48.1 Å². The second-order valence-corrected chi connectivity index (χ2v) is 5.79. The molecule has 5 nitrogen and oxygen atoms in total. The van der Waals surface area contributed by atoms with Crippen LogP contribution in [0.4, 0.5) is 0 Å². The fourth-order valence-corrected chi connectivity index (χ4v) is 3.23. The third kappa shape index (κ3) is 3.60. The van der Waals surface area contributed by atoms with Crippen molar-refractivity contribution in [3.05, 3.63) is 30.1 Å². The SMILES string of the molecule is O=C(COC1CCNCC1)N1CCCC1c1ccncc1. The quantitative estimate of drug-likeness (QED) is 0.913. The molecule has 0 bridgehead atoms. The number of nitrogens with zero attached hydrogens (tertiary/aromatic N) is 2. The van der Waals surface area contributed by atoms with Crippen LogP contribution in [0.2, 0.25) is 0 Å². The number of pyridine rings is 1. The van der Waals surface area contributed by atoms with Crippen LogP contribution >= 0.6 is 0 Å². The van der Waals surface area contributed by atoms with Gasteiger partial charge in [-0.1, -0.05) is 0 Å². The van der Waals surface area contributed by atoms with Crippen molar-refractivity contribution in [3.63, 3.8) is 0 Å². The normalized spacial score (nSPS) is 23.4. The fourth-order valence-electron chi connectivity index (χ4n) is 3.23. The van der Waals surface area contributed by atoms with Crippen LogP contribution in [0.3, 0.4) is 0 Å². The summed E-state index contributed by atoms with van der Waals surface area (Å²) in [4.78, 5) is 18.5. The molecule has 0 aliphatic carbocycles. The van der Waals surface area contributed by atoms with E-state index in [-0.39, 0.29) is 24.7 Å². The number of carbonyl (C=O) groups is 1. The second-order valence-electron chi connectivity index (χ2n) is 5.79. The summed E-state index contributed by atoms with van der Waals surface area (Å²) in [7, 11) is 0. The number of nitrogens with one attached hydrogen (secondary N) is 1. The van der Waals surface area contributed by atoms with Gasteiger partial charge in [0.05, 0.1) is 12.1 Å². The van der Waals surface area contributed by atoms with E-state index in [1.54, 1.807) is 12.4 Å². The predicted octanol–water partition coefficient (Wildman–Crippen LogP) is 1.51. The highest BCUT2D eigenvalue weighted by Gasteiger charge is 2.30. The molecule has 5 heteroatoms. The van der Waals surface area contributed by atoms with E-state index in [1.165, 1.54) is 5.56 Å². The van der Waals surface area contributed by atoms with Crippen LogP contribution in [0.5, 0.6) is 0 Å². The molecule has 2 saturated heterocycles. The highest BCUT2D eigenvalue weighted by atomic mass is 16.5. The zero-order valence-corrected chi connectivity index (χ0v) is 12.3. The minimum Gasteiger partial charge on any atom is -0.368 e. The second kappa shape index (κ2) is 7.00. The number of piperidine rings is 1. The van der Waals surface area contributed by atoms with Crippen molar-refractivity contribution in [2.75, 3.05) is 26.2 Å². The largest absolute Gasteiger partial charge is 0.368 e. The Hall–Kier alpha value is -1.46.